The van der Waals surface area contributed by atoms with Crippen molar-refractivity contribution in [3.8, 4) is 0 Å². The number of hydrogen-bond donors (Lipinski definition) is 1. The van der Waals surface area contributed by atoms with Crippen LogP contribution in [-0.4, -0.2) is 42.8 Å². The van der Waals surface area contributed by atoms with Crippen molar-refractivity contribution in [3.05, 3.63) is 0 Å². The third kappa shape index (κ3) is 7.47. The summed E-state index contributed by atoms with van der Waals surface area (Å²) in [6, 6.07) is 0. The highest BCUT2D eigenvalue weighted by Gasteiger charge is 2.28. The molecule has 2 saturated heterocycles. The Morgan fingerprint density at radius 3 is 2.12 bits per heavy atom. The Balaban J connectivity index is 0.000000453. The summed E-state index contributed by atoms with van der Waals surface area (Å²) < 4.78 is -0.889. The van der Waals surface area contributed by atoms with E-state index in [2.05, 4.69) is 40.5 Å². The number of rotatable bonds is 1. The van der Waals surface area contributed by atoms with Gasteiger partial charge < -0.3 is 10.2 Å². The van der Waals surface area contributed by atoms with Crippen LogP contribution >= 0.6 is 35.6 Å². The second-order valence-electron chi connectivity index (χ2n) is 4.62. The fraction of sp³-hybridized carbons (Fsp3) is 0.909. The molecule has 0 bridgehead atoms. The first-order valence-corrected chi connectivity index (χ1v) is 6.59. The summed E-state index contributed by atoms with van der Waals surface area (Å²) in [7, 11) is 2.25. The molecule has 102 valence electrons. The largest absolute Gasteiger partial charge is 0.317 e. The van der Waals surface area contributed by atoms with Gasteiger partial charge in [-0.05, 0) is 81.0 Å². The number of nitrogens with one attached hydrogen (secondary N) is 1. The molecular formula is C11H21Cl3N2O. The molecule has 2 rings (SSSR count). The maximum Gasteiger partial charge on any atom is 0.313 e. The molecule has 0 amide bonds. The molecule has 3 nitrogen and oxygen atoms in total. The molecule has 1 atom stereocenters. The van der Waals surface area contributed by atoms with Crippen LogP contribution in [0.4, 0.5) is 4.79 Å². The zero-order valence-corrected chi connectivity index (χ0v) is 12.5. The Morgan fingerprint density at radius 1 is 1.18 bits per heavy atom. The van der Waals surface area contributed by atoms with E-state index in [1.807, 2.05) is 0 Å². The SMILES string of the molecule is CN1CCC(C2CCNCC2)C1.Cl.O=C(Cl)Cl. The molecular weight excluding hydrogens is 282 g/mol. The summed E-state index contributed by atoms with van der Waals surface area (Å²) in [5.41, 5.74) is 0. The van der Waals surface area contributed by atoms with Crippen LogP contribution in [0.3, 0.4) is 0 Å². The van der Waals surface area contributed by atoms with Crippen LogP contribution in [0.5, 0.6) is 0 Å². The van der Waals surface area contributed by atoms with E-state index in [1.54, 1.807) is 0 Å². The molecule has 0 aromatic carbocycles. The minimum atomic E-state index is -0.889. The van der Waals surface area contributed by atoms with E-state index in [4.69, 9.17) is 4.79 Å². The van der Waals surface area contributed by atoms with Gasteiger partial charge in [0, 0.05) is 6.54 Å². The van der Waals surface area contributed by atoms with Gasteiger partial charge in [-0.15, -0.1) is 12.4 Å². The van der Waals surface area contributed by atoms with Crippen molar-refractivity contribution in [1.82, 2.24) is 10.2 Å². The lowest BCUT2D eigenvalue weighted by atomic mass is 9.84. The van der Waals surface area contributed by atoms with Crippen molar-refractivity contribution in [1.29, 1.82) is 0 Å². The van der Waals surface area contributed by atoms with E-state index in [0.29, 0.717) is 0 Å². The lowest BCUT2D eigenvalue weighted by Crippen LogP contribution is -2.32. The number of nitrogens with zero attached hydrogens (tertiary/aromatic N) is 1. The highest BCUT2D eigenvalue weighted by atomic mass is 35.5. The summed E-state index contributed by atoms with van der Waals surface area (Å²) in [4.78, 5) is 11.5. The fourth-order valence-electron chi connectivity index (χ4n) is 2.67. The lowest BCUT2D eigenvalue weighted by Gasteiger charge is -2.27. The lowest BCUT2D eigenvalue weighted by molar-refractivity contribution is 0.258. The first-order chi connectivity index (χ1) is 7.59. The van der Waals surface area contributed by atoms with Crippen molar-refractivity contribution in [2.24, 2.45) is 11.8 Å². The maximum atomic E-state index is 8.98. The number of halogens is 3. The highest BCUT2D eigenvalue weighted by molar-refractivity contribution is 6.93. The van der Waals surface area contributed by atoms with Crippen LogP contribution in [0.15, 0.2) is 0 Å². The standard InChI is InChI=1S/C10H20N2.CCl2O.ClH/c1-12-7-4-10(8-12)9-2-5-11-6-3-9;2-1(3)4;/h9-11H,2-8H2,1H3;;1H. The van der Waals surface area contributed by atoms with Crippen molar-refractivity contribution in [3.63, 3.8) is 0 Å². The quantitative estimate of drug-likeness (QED) is 0.756. The van der Waals surface area contributed by atoms with Crippen LogP contribution in [0.2, 0.25) is 0 Å². The van der Waals surface area contributed by atoms with Gasteiger partial charge in [-0.3, -0.25) is 4.79 Å². The summed E-state index contributed by atoms with van der Waals surface area (Å²) >= 11 is 8.80. The van der Waals surface area contributed by atoms with Gasteiger partial charge in [0.05, 0.1) is 0 Å². The third-order valence-corrected chi connectivity index (χ3v) is 3.48. The molecule has 1 unspecified atom stereocenters. The first-order valence-electron chi connectivity index (χ1n) is 5.84. The van der Waals surface area contributed by atoms with E-state index in [-0.39, 0.29) is 12.4 Å². The zero-order chi connectivity index (χ0) is 12.0. The van der Waals surface area contributed by atoms with Crippen molar-refractivity contribution in [2.45, 2.75) is 19.3 Å². The van der Waals surface area contributed by atoms with E-state index in [0.717, 1.165) is 11.8 Å². The molecule has 0 radical (unpaired) electrons. The first kappa shape index (κ1) is 17.5. The normalized spacial score (nSPS) is 25.7. The molecule has 2 aliphatic rings. The van der Waals surface area contributed by atoms with Crippen molar-refractivity contribution in [2.75, 3.05) is 33.2 Å². The second-order valence-corrected chi connectivity index (χ2v) is 5.50. The van der Waals surface area contributed by atoms with Gasteiger partial charge in [-0.25, -0.2) is 0 Å². The second kappa shape index (κ2) is 9.40. The Bertz CT molecular complexity index is 216. The summed E-state index contributed by atoms with van der Waals surface area (Å²) in [5.74, 6) is 2.04. The topological polar surface area (TPSA) is 32.3 Å². The molecule has 2 aliphatic heterocycles. The van der Waals surface area contributed by atoms with Gasteiger partial charge in [-0.2, -0.15) is 0 Å². The van der Waals surface area contributed by atoms with Gasteiger partial charge in [0.1, 0.15) is 0 Å². The fourth-order valence-corrected chi connectivity index (χ4v) is 2.67. The molecule has 0 spiro atoms. The molecule has 0 saturated carbocycles. The van der Waals surface area contributed by atoms with Crippen molar-refractivity contribution >= 4 is 40.3 Å². The molecule has 17 heavy (non-hydrogen) atoms. The maximum absolute atomic E-state index is 8.98. The monoisotopic (exact) mass is 302 g/mol. The van der Waals surface area contributed by atoms with Gasteiger partial charge in [-0.1, -0.05) is 0 Å². The Labute approximate surface area is 120 Å². The average molecular weight is 304 g/mol. The Hall–Kier alpha value is 0.460. The molecule has 0 aromatic heterocycles. The van der Waals surface area contributed by atoms with Crippen LogP contribution in [-0.2, 0) is 0 Å². The van der Waals surface area contributed by atoms with Gasteiger partial charge in [0.2, 0.25) is 0 Å². The van der Waals surface area contributed by atoms with Gasteiger partial charge in [0.25, 0.3) is 0 Å². The summed E-state index contributed by atoms with van der Waals surface area (Å²) in [5, 5.41) is 3.44. The number of carbonyl (C=O) groups is 1. The molecule has 6 heteroatoms. The smallest absolute Gasteiger partial charge is 0.313 e. The van der Waals surface area contributed by atoms with Crippen LogP contribution in [0, 0.1) is 11.8 Å². The average Bonchev–Trinajstić information content (AvgIpc) is 2.65. The Kier molecular flexibility index (Phi) is 9.65. The van der Waals surface area contributed by atoms with E-state index in [9.17, 15) is 0 Å². The number of hydrogen-bond acceptors (Lipinski definition) is 3. The molecule has 0 aromatic rings. The van der Waals surface area contributed by atoms with E-state index < -0.39 is 4.70 Å². The summed E-state index contributed by atoms with van der Waals surface area (Å²) in [6.07, 6.45) is 4.28. The molecule has 2 fully saturated rings. The molecule has 0 aliphatic carbocycles. The number of piperidine rings is 1. The molecule has 1 N–H and O–H groups in total. The van der Waals surface area contributed by atoms with E-state index in [1.165, 1.54) is 45.4 Å². The molecule has 2 heterocycles. The van der Waals surface area contributed by atoms with Crippen molar-refractivity contribution < 1.29 is 4.79 Å². The summed E-state index contributed by atoms with van der Waals surface area (Å²) in [6.45, 7) is 5.19. The highest BCUT2D eigenvalue weighted by Crippen LogP contribution is 2.29. The predicted octanol–water partition coefficient (Wildman–Crippen LogP) is 2.94. The Morgan fingerprint density at radius 2 is 1.71 bits per heavy atom. The zero-order valence-electron chi connectivity index (χ0n) is 10.1. The van der Waals surface area contributed by atoms with Crippen LogP contribution in [0.25, 0.3) is 0 Å². The van der Waals surface area contributed by atoms with E-state index >= 15 is 0 Å². The van der Waals surface area contributed by atoms with Gasteiger partial charge >= 0.3 is 4.70 Å². The minimum absolute atomic E-state index is 0. The predicted molar refractivity (Wildman–Crippen MR) is 75.5 cm³/mol. The third-order valence-electron chi connectivity index (χ3n) is 3.48. The minimum Gasteiger partial charge on any atom is -0.317 e. The van der Waals surface area contributed by atoms with Crippen LogP contribution < -0.4 is 5.32 Å². The van der Waals surface area contributed by atoms with Crippen LogP contribution in [0.1, 0.15) is 19.3 Å². The number of carbonyl (C=O) groups excluding carboxylic acids is 1. The van der Waals surface area contributed by atoms with Gasteiger partial charge in [0.15, 0.2) is 0 Å². The number of likely N-dealkylation sites (tertiary alicyclic amines) is 1.